The number of sulfonamides is 1. The first-order valence-corrected chi connectivity index (χ1v) is 14.6. The van der Waals surface area contributed by atoms with Gasteiger partial charge in [0.1, 0.15) is 11.8 Å². The number of anilines is 1. The molecule has 9 heteroatoms. The number of carbonyl (C=O) groups is 2. The van der Waals surface area contributed by atoms with Crippen LogP contribution in [0.1, 0.15) is 56.2 Å². The van der Waals surface area contributed by atoms with E-state index in [-0.39, 0.29) is 31.3 Å². The number of amides is 2. The van der Waals surface area contributed by atoms with Gasteiger partial charge in [-0.3, -0.25) is 13.9 Å². The second kappa shape index (κ2) is 14.0. The fraction of sp³-hybridized carbons (Fsp3) is 0.500. The summed E-state index contributed by atoms with van der Waals surface area (Å²) < 4.78 is 31.8. The third kappa shape index (κ3) is 8.77. The van der Waals surface area contributed by atoms with Crippen molar-refractivity contribution < 1.29 is 22.7 Å². The SMILES string of the molecule is CCCNC(=O)[C@@H](CC)N(Cc1ccc(OC)cc1)C(=O)CCCN(c1cc(C)ccc1C)S(C)(=O)=O. The van der Waals surface area contributed by atoms with Crippen LogP contribution in [0.2, 0.25) is 0 Å². The molecule has 0 radical (unpaired) electrons. The van der Waals surface area contributed by atoms with Crippen molar-refractivity contribution in [3.63, 3.8) is 0 Å². The molecule has 0 fully saturated rings. The van der Waals surface area contributed by atoms with Crippen LogP contribution in [-0.2, 0) is 26.2 Å². The second-order valence-electron chi connectivity index (χ2n) is 9.31. The molecule has 37 heavy (non-hydrogen) atoms. The summed E-state index contributed by atoms with van der Waals surface area (Å²) in [5.74, 6) is 0.338. The molecule has 2 aromatic carbocycles. The van der Waals surface area contributed by atoms with Crippen LogP contribution in [0.4, 0.5) is 5.69 Å². The zero-order valence-electron chi connectivity index (χ0n) is 22.9. The fourth-order valence-corrected chi connectivity index (χ4v) is 5.20. The highest BCUT2D eigenvalue weighted by atomic mass is 32.2. The molecule has 0 bridgehead atoms. The van der Waals surface area contributed by atoms with Gasteiger partial charge in [0.2, 0.25) is 21.8 Å². The van der Waals surface area contributed by atoms with Gasteiger partial charge in [-0.2, -0.15) is 0 Å². The molecule has 1 N–H and O–H groups in total. The number of aryl methyl sites for hydroxylation is 2. The van der Waals surface area contributed by atoms with E-state index in [0.29, 0.717) is 30.8 Å². The Hall–Kier alpha value is -3.07. The number of nitrogens with one attached hydrogen (secondary N) is 1. The summed E-state index contributed by atoms with van der Waals surface area (Å²) in [5, 5.41) is 2.91. The van der Waals surface area contributed by atoms with E-state index in [4.69, 9.17) is 4.74 Å². The fourth-order valence-electron chi connectivity index (χ4n) is 4.18. The van der Waals surface area contributed by atoms with E-state index in [0.717, 1.165) is 23.1 Å². The number of hydrogen-bond donors (Lipinski definition) is 1. The molecule has 2 amide bonds. The molecule has 0 heterocycles. The predicted octanol–water partition coefficient (Wildman–Crippen LogP) is 4.19. The van der Waals surface area contributed by atoms with Crippen LogP contribution in [-0.4, -0.2) is 57.6 Å². The van der Waals surface area contributed by atoms with Crippen molar-refractivity contribution in [3.8, 4) is 5.75 Å². The van der Waals surface area contributed by atoms with E-state index in [1.807, 2.05) is 70.2 Å². The number of benzene rings is 2. The van der Waals surface area contributed by atoms with Crippen LogP contribution in [0.5, 0.6) is 5.75 Å². The summed E-state index contributed by atoms with van der Waals surface area (Å²) in [6, 6.07) is 12.5. The third-order valence-electron chi connectivity index (χ3n) is 6.23. The topological polar surface area (TPSA) is 96.0 Å². The molecule has 0 aliphatic heterocycles. The van der Waals surface area contributed by atoms with Gasteiger partial charge in [-0.1, -0.05) is 38.1 Å². The predicted molar refractivity (Wildman–Crippen MR) is 148 cm³/mol. The van der Waals surface area contributed by atoms with Gasteiger partial charge in [-0.15, -0.1) is 0 Å². The maximum Gasteiger partial charge on any atom is 0.242 e. The van der Waals surface area contributed by atoms with E-state index in [9.17, 15) is 18.0 Å². The minimum Gasteiger partial charge on any atom is -0.497 e. The summed E-state index contributed by atoms with van der Waals surface area (Å²) in [5.41, 5.74) is 3.31. The van der Waals surface area contributed by atoms with E-state index in [2.05, 4.69) is 5.32 Å². The molecular weight excluding hydrogens is 490 g/mol. The van der Waals surface area contributed by atoms with Gasteiger partial charge in [-0.05, 0) is 68.0 Å². The average molecular weight is 532 g/mol. The van der Waals surface area contributed by atoms with Gasteiger partial charge in [0.05, 0.1) is 19.1 Å². The lowest BCUT2D eigenvalue weighted by atomic mass is 10.1. The summed E-state index contributed by atoms with van der Waals surface area (Å²) in [6.07, 6.45) is 2.89. The molecule has 0 saturated heterocycles. The molecule has 0 aliphatic rings. The maximum atomic E-state index is 13.5. The van der Waals surface area contributed by atoms with Crippen molar-refractivity contribution in [1.29, 1.82) is 0 Å². The van der Waals surface area contributed by atoms with Gasteiger partial charge in [-0.25, -0.2) is 8.42 Å². The Kier molecular flexibility index (Phi) is 11.4. The number of nitrogens with zero attached hydrogens (tertiary/aromatic N) is 2. The van der Waals surface area contributed by atoms with Gasteiger partial charge in [0.15, 0.2) is 0 Å². The molecule has 204 valence electrons. The monoisotopic (exact) mass is 531 g/mol. The largest absolute Gasteiger partial charge is 0.497 e. The molecule has 1 atom stereocenters. The van der Waals surface area contributed by atoms with Gasteiger partial charge in [0, 0.05) is 26.1 Å². The molecule has 0 aliphatic carbocycles. The lowest BCUT2D eigenvalue weighted by molar-refractivity contribution is -0.141. The van der Waals surface area contributed by atoms with Gasteiger partial charge in [0.25, 0.3) is 0 Å². The number of carbonyl (C=O) groups excluding carboxylic acids is 2. The Balaban J connectivity index is 2.24. The first kappa shape index (κ1) is 30.2. The quantitative estimate of drug-likeness (QED) is 0.394. The highest BCUT2D eigenvalue weighted by molar-refractivity contribution is 7.92. The van der Waals surface area contributed by atoms with Crippen molar-refractivity contribution in [2.24, 2.45) is 0 Å². The Morgan fingerprint density at radius 1 is 1.05 bits per heavy atom. The van der Waals surface area contributed by atoms with Crippen LogP contribution in [0.25, 0.3) is 0 Å². The minimum absolute atomic E-state index is 0.116. The summed E-state index contributed by atoms with van der Waals surface area (Å²) in [7, 11) is -1.95. The average Bonchev–Trinajstić information content (AvgIpc) is 2.86. The van der Waals surface area contributed by atoms with Crippen LogP contribution in [0.3, 0.4) is 0 Å². The first-order chi connectivity index (χ1) is 17.5. The summed E-state index contributed by atoms with van der Waals surface area (Å²) in [4.78, 5) is 28.0. The van der Waals surface area contributed by atoms with Crippen molar-refractivity contribution in [2.45, 2.75) is 66.0 Å². The number of ether oxygens (including phenoxy) is 1. The summed E-state index contributed by atoms with van der Waals surface area (Å²) >= 11 is 0. The van der Waals surface area contributed by atoms with Crippen molar-refractivity contribution in [3.05, 3.63) is 59.2 Å². The maximum absolute atomic E-state index is 13.5. The van der Waals surface area contributed by atoms with Crippen LogP contribution >= 0.6 is 0 Å². The molecule has 0 spiro atoms. The first-order valence-electron chi connectivity index (χ1n) is 12.8. The lowest BCUT2D eigenvalue weighted by Crippen LogP contribution is -2.49. The highest BCUT2D eigenvalue weighted by Gasteiger charge is 2.29. The Morgan fingerprint density at radius 3 is 2.30 bits per heavy atom. The van der Waals surface area contributed by atoms with Crippen LogP contribution in [0.15, 0.2) is 42.5 Å². The zero-order valence-corrected chi connectivity index (χ0v) is 23.7. The molecule has 0 unspecified atom stereocenters. The molecule has 2 aromatic rings. The number of rotatable bonds is 14. The second-order valence-corrected chi connectivity index (χ2v) is 11.2. The summed E-state index contributed by atoms with van der Waals surface area (Å²) in [6.45, 7) is 8.63. The van der Waals surface area contributed by atoms with Crippen molar-refractivity contribution >= 4 is 27.5 Å². The Morgan fingerprint density at radius 2 is 1.73 bits per heavy atom. The van der Waals surface area contributed by atoms with Crippen LogP contribution < -0.4 is 14.4 Å². The number of hydrogen-bond acceptors (Lipinski definition) is 5. The molecular formula is C28H41N3O5S. The molecule has 8 nitrogen and oxygen atoms in total. The normalized spacial score (nSPS) is 12.1. The number of methoxy groups -OCH3 is 1. The van der Waals surface area contributed by atoms with E-state index < -0.39 is 16.1 Å². The minimum atomic E-state index is -3.54. The zero-order chi connectivity index (χ0) is 27.6. The van der Waals surface area contributed by atoms with Crippen LogP contribution in [0, 0.1) is 13.8 Å². The van der Waals surface area contributed by atoms with E-state index in [1.165, 1.54) is 10.6 Å². The van der Waals surface area contributed by atoms with Gasteiger partial charge < -0.3 is 15.0 Å². The van der Waals surface area contributed by atoms with E-state index in [1.54, 1.807) is 12.0 Å². The highest BCUT2D eigenvalue weighted by Crippen LogP contribution is 2.25. The lowest BCUT2D eigenvalue weighted by Gasteiger charge is -2.31. The van der Waals surface area contributed by atoms with Gasteiger partial charge >= 0.3 is 0 Å². The van der Waals surface area contributed by atoms with E-state index >= 15 is 0 Å². The smallest absolute Gasteiger partial charge is 0.242 e. The van der Waals surface area contributed by atoms with Crippen molar-refractivity contribution in [2.75, 3.05) is 30.8 Å². The Bertz CT molecular complexity index is 1150. The molecule has 0 saturated carbocycles. The molecule has 2 rings (SSSR count). The third-order valence-corrected chi connectivity index (χ3v) is 7.41. The molecule has 0 aromatic heterocycles. The Labute approximate surface area is 222 Å². The van der Waals surface area contributed by atoms with Crippen molar-refractivity contribution in [1.82, 2.24) is 10.2 Å². The standard InChI is InChI=1S/C28H41N3O5S/c1-7-17-29-28(33)25(8-2)30(20-23-13-15-24(36-5)16-14-23)27(32)10-9-18-31(37(6,34)35)26-19-21(3)11-12-22(26)4/h11-16,19,25H,7-10,17-18,20H2,1-6H3,(H,29,33)/t25-/m1/s1.